The van der Waals surface area contributed by atoms with Crippen LogP contribution in [0.1, 0.15) is 24.2 Å². The summed E-state index contributed by atoms with van der Waals surface area (Å²) in [5.74, 6) is -1.58. The van der Waals surface area contributed by atoms with Gasteiger partial charge in [0.2, 0.25) is 0 Å². The van der Waals surface area contributed by atoms with Gasteiger partial charge in [0.05, 0.1) is 8.40 Å². The molecule has 3 rings (SSSR count). The Hall–Kier alpha value is -2.32. The van der Waals surface area contributed by atoms with Gasteiger partial charge in [-0.1, -0.05) is 34.1 Å². The van der Waals surface area contributed by atoms with E-state index in [1.54, 1.807) is 30.3 Å². The number of halogens is 2. The summed E-state index contributed by atoms with van der Waals surface area (Å²) in [5, 5.41) is 0. The topological polar surface area (TPSA) is 128 Å². The standard InChI is InChI=1S/C20H19BrIN3O7/c1-10(26)30-9-14-15(21)16(31-11(2)27)19(32-14)25(17-13(22)8-23-20(29)24-17)18(28)12-6-4-3-5-7-12/h3-8,14-16,19H,9H2,1-2H3,(H,23,24,29)/t14-,15+,16-,19-/m1/s1. The van der Waals surface area contributed by atoms with Gasteiger partial charge in [-0.2, -0.15) is 4.98 Å². The third-order valence-electron chi connectivity index (χ3n) is 4.48. The predicted octanol–water partition coefficient (Wildman–Crippen LogP) is 2.00. The van der Waals surface area contributed by atoms with E-state index in [1.807, 2.05) is 22.6 Å². The molecular weight excluding hydrogens is 601 g/mol. The fourth-order valence-corrected chi connectivity index (χ4v) is 4.33. The number of rotatable bonds is 6. The Morgan fingerprint density at radius 2 is 1.91 bits per heavy atom. The molecule has 1 saturated heterocycles. The summed E-state index contributed by atoms with van der Waals surface area (Å²) in [5.41, 5.74) is -0.356. The van der Waals surface area contributed by atoms with Gasteiger partial charge in [-0.05, 0) is 34.7 Å². The van der Waals surface area contributed by atoms with Crippen LogP contribution in [0.4, 0.5) is 5.82 Å². The number of anilines is 1. The monoisotopic (exact) mass is 619 g/mol. The lowest BCUT2D eigenvalue weighted by Crippen LogP contribution is -2.49. The molecule has 0 radical (unpaired) electrons. The molecule has 0 saturated carbocycles. The number of hydrogen-bond acceptors (Lipinski definition) is 8. The zero-order valence-electron chi connectivity index (χ0n) is 17.0. The molecule has 0 aliphatic carbocycles. The van der Waals surface area contributed by atoms with Gasteiger partial charge in [0.25, 0.3) is 5.91 Å². The van der Waals surface area contributed by atoms with Crippen LogP contribution in [-0.2, 0) is 23.8 Å². The molecular formula is C20H19BrIN3O7. The quantitative estimate of drug-likeness (QED) is 0.296. The molecule has 32 heavy (non-hydrogen) atoms. The van der Waals surface area contributed by atoms with E-state index in [9.17, 15) is 19.2 Å². The van der Waals surface area contributed by atoms with Gasteiger partial charge < -0.3 is 19.2 Å². The van der Waals surface area contributed by atoms with Gasteiger partial charge >= 0.3 is 17.6 Å². The molecule has 1 amide bonds. The number of nitrogens with one attached hydrogen (secondary N) is 1. The smallest absolute Gasteiger partial charge is 0.346 e. The minimum atomic E-state index is -1.15. The van der Waals surface area contributed by atoms with Crippen molar-refractivity contribution >= 4 is 62.2 Å². The first-order valence-corrected chi connectivity index (χ1v) is 11.4. The van der Waals surface area contributed by atoms with Crippen molar-refractivity contribution in [2.75, 3.05) is 11.5 Å². The van der Waals surface area contributed by atoms with Crippen LogP contribution >= 0.6 is 38.5 Å². The lowest BCUT2D eigenvalue weighted by Gasteiger charge is -2.31. The number of nitrogens with zero attached hydrogens (tertiary/aromatic N) is 2. The highest BCUT2D eigenvalue weighted by molar-refractivity contribution is 14.1. The molecule has 0 spiro atoms. The molecule has 170 valence electrons. The number of carbonyl (C=O) groups excluding carboxylic acids is 3. The first-order chi connectivity index (χ1) is 15.2. The summed E-state index contributed by atoms with van der Waals surface area (Å²) >= 11 is 5.38. The van der Waals surface area contributed by atoms with Crippen molar-refractivity contribution in [3.8, 4) is 0 Å². The molecule has 2 heterocycles. The molecule has 1 aromatic heterocycles. The van der Waals surface area contributed by atoms with Crippen LogP contribution in [0, 0.1) is 3.57 Å². The van der Waals surface area contributed by atoms with Gasteiger partial charge in [0.1, 0.15) is 12.7 Å². The number of ether oxygens (including phenoxy) is 3. The van der Waals surface area contributed by atoms with Crippen molar-refractivity contribution in [2.45, 2.75) is 37.1 Å². The summed E-state index contributed by atoms with van der Waals surface area (Å²) in [6.45, 7) is 2.36. The number of aromatic amines is 1. The Morgan fingerprint density at radius 3 is 2.53 bits per heavy atom. The Bertz CT molecular complexity index is 1060. The van der Waals surface area contributed by atoms with E-state index in [2.05, 4.69) is 25.9 Å². The highest BCUT2D eigenvalue weighted by Crippen LogP contribution is 2.35. The molecule has 12 heteroatoms. The molecule has 1 aromatic carbocycles. The number of amides is 1. The number of aromatic nitrogens is 2. The minimum absolute atomic E-state index is 0.0400. The van der Waals surface area contributed by atoms with Gasteiger partial charge in [-0.25, -0.2) is 4.79 Å². The highest BCUT2D eigenvalue weighted by atomic mass is 127. The van der Waals surface area contributed by atoms with Crippen molar-refractivity contribution < 1.29 is 28.6 Å². The summed E-state index contributed by atoms with van der Waals surface area (Å²) in [4.78, 5) is 55.6. The van der Waals surface area contributed by atoms with Crippen LogP contribution in [0.15, 0.2) is 41.3 Å². The number of alkyl halides is 1. The molecule has 4 atom stereocenters. The Morgan fingerprint density at radius 1 is 1.22 bits per heavy atom. The van der Waals surface area contributed by atoms with Crippen LogP contribution in [-0.4, -0.2) is 57.7 Å². The third kappa shape index (κ3) is 5.53. The maximum atomic E-state index is 13.6. The second kappa shape index (κ2) is 10.5. The first kappa shape index (κ1) is 24.3. The number of esters is 2. The van der Waals surface area contributed by atoms with Crippen LogP contribution in [0.2, 0.25) is 0 Å². The maximum Gasteiger partial charge on any atom is 0.346 e. The fraction of sp³-hybridized carbons (Fsp3) is 0.350. The van der Waals surface area contributed by atoms with E-state index in [0.29, 0.717) is 9.13 Å². The van der Waals surface area contributed by atoms with E-state index >= 15 is 0 Å². The Labute approximate surface area is 204 Å². The molecule has 0 bridgehead atoms. The van der Waals surface area contributed by atoms with E-state index in [4.69, 9.17) is 14.2 Å². The van der Waals surface area contributed by atoms with Gasteiger partial charge in [-0.3, -0.25) is 19.3 Å². The molecule has 1 aliphatic heterocycles. The molecule has 2 aromatic rings. The SMILES string of the molecule is CC(=O)OC[C@H]1O[C@@H](N(C(=O)c2ccccc2)c2nc(=O)[nH]cc2I)[C@H](OC(C)=O)[C@H]1Br. The normalized spacial score (nSPS) is 22.2. The number of H-pyrrole nitrogens is 1. The third-order valence-corrected chi connectivity index (χ3v) is 6.39. The zero-order valence-corrected chi connectivity index (χ0v) is 20.7. The van der Waals surface area contributed by atoms with Crippen molar-refractivity contribution in [1.29, 1.82) is 0 Å². The van der Waals surface area contributed by atoms with Crippen molar-refractivity contribution in [1.82, 2.24) is 9.97 Å². The summed E-state index contributed by atoms with van der Waals surface area (Å²) in [7, 11) is 0. The summed E-state index contributed by atoms with van der Waals surface area (Å²) in [6.07, 6.45) is -1.45. The Balaban J connectivity index is 2.09. The van der Waals surface area contributed by atoms with Crippen LogP contribution in [0.3, 0.4) is 0 Å². The first-order valence-electron chi connectivity index (χ1n) is 9.43. The van der Waals surface area contributed by atoms with Gasteiger partial charge in [-0.15, -0.1) is 0 Å². The average Bonchev–Trinajstić information content (AvgIpc) is 3.04. The number of benzene rings is 1. The molecule has 0 unspecified atom stereocenters. The minimum Gasteiger partial charge on any atom is -0.463 e. The summed E-state index contributed by atoms with van der Waals surface area (Å²) in [6, 6.07) is 8.35. The molecule has 1 N–H and O–H groups in total. The van der Waals surface area contributed by atoms with Crippen LogP contribution in [0.25, 0.3) is 0 Å². The predicted molar refractivity (Wildman–Crippen MR) is 124 cm³/mol. The van der Waals surface area contributed by atoms with Gasteiger partial charge in [0.15, 0.2) is 18.1 Å². The van der Waals surface area contributed by atoms with Crippen LogP contribution < -0.4 is 10.6 Å². The molecule has 1 aliphatic rings. The van der Waals surface area contributed by atoms with Crippen molar-refractivity contribution in [3.05, 3.63) is 56.1 Å². The lowest BCUT2D eigenvalue weighted by atomic mass is 10.1. The van der Waals surface area contributed by atoms with Crippen molar-refractivity contribution in [3.63, 3.8) is 0 Å². The fourth-order valence-electron chi connectivity index (χ4n) is 3.15. The van der Waals surface area contributed by atoms with E-state index in [0.717, 1.165) is 0 Å². The second-order valence-electron chi connectivity index (χ2n) is 6.80. The maximum absolute atomic E-state index is 13.6. The number of hydrogen-bond donors (Lipinski definition) is 1. The van der Waals surface area contributed by atoms with Crippen molar-refractivity contribution in [2.24, 2.45) is 0 Å². The van der Waals surface area contributed by atoms with E-state index in [1.165, 1.54) is 24.9 Å². The average molecular weight is 620 g/mol. The zero-order chi connectivity index (χ0) is 23.4. The van der Waals surface area contributed by atoms with E-state index < -0.39 is 46.8 Å². The summed E-state index contributed by atoms with van der Waals surface area (Å²) < 4.78 is 17.0. The highest BCUT2D eigenvalue weighted by Gasteiger charge is 2.51. The second-order valence-corrected chi connectivity index (χ2v) is 9.02. The van der Waals surface area contributed by atoms with Gasteiger partial charge in [0, 0.05) is 25.6 Å². The lowest BCUT2D eigenvalue weighted by molar-refractivity contribution is -0.148. The van der Waals surface area contributed by atoms with E-state index in [-0.39, 0.29) is 12.4 Å². The number of carbonyl (C=O) groups is 3. The molecule has 10 nitrogen and oxygen atoms in total. The Kier molecular flexibility index (Phi) is 8.00. The molecule has 1 fully saturated rings. The largest absolute Gasteiger partial charge is 0.463 e. The van der Waals surface area contributed by atoms with Crippen LogP contribution in [0.5, 0.6) is 0 Å².